The fourth-order valence-corrected chi connectivity index (χ4v) is 3.67. The van der Waals surface area contributed by atoms with E-state index in [-0.39, 0.29) is 12.4 Å². The molecule has 0 fully saturated rings. The minimum Gasteiger partial charge on any atom is -0.368 e. The lowest BCUT2D eigenvalue weighted by Crippen LogP contribution is -2.34. The summed E-state index contributed by atoms with van der Waals surface area (Å²) in [5.74, 6) is -2.02. The fraction of sp³-hybridized carbons (Fsp3) is 0.192. The van der Waals surface area contributed by atoms with Gasteiger partial charge in [-0.3, -0.25) is 19.9 Å². The summed E-state index contributed by atoms with van der Waals surface area (Å²) in [4.78, 5) is 29.1. The third-order valence-corrected chi connectivity index (χ3v) is 5.44. The molecule has 0 aliphatic heterocycles. The molecule has 176 valence electrons. The van der Waals surface area contributed by atoms with Crippen LogP contribution in [0.4, 0.5) is 14.5 Å². The van der Waals surface area contributed by atoms with E-state index in [1.165, 1.54) is 30.3 Å². The van der Waals surface area contributed by atoms with Crippen LogP contribution in [-0.4, -0.2) is 30.9 Å². The first kappa shape index (κ1) is 24.7. The van der Waals surface area contributed by atoms with Gasteiger partial charge in [0.25, 0.3) is 0 Å². The van der Waals surface area contributed by atoms with Gasteiger partial charge in [-0.1, -0.05) is 30.9 Å². The minimum atomic E-state index is -0.717. The van der Waals surface area contributed by atoms with Crippen molar-refractivity contribution in [2.24, 2.45) is 0 Å². The molecule has 3 rings (SSSR count). The summed E-state index contributed by atoms with van der Waals surface area (Å²) < 4.78 is 28.1. The zero-order valence-corrected chi connectivity index (χ0v) is 18.8. The number of amides is 2. The molecule has 2 N–H and O–H groups in total. The molecule has 3 aromatic rings. The summed E-state index contributed by atoms with van der Waals surface area (Å²) in [6.45, 7) is 4.75. The van der Waals surface area contributed by atoms with Crippen molar-refractivity contribution in [3.05, 3.63) is 101 Å². The van der Waals surface area contributed by atoms with E-state index < -0.39 is 17.6 Å². The number of hydrogen-bond donors (Lipinski definition) is 2. The average Bonchev–Trinajstić information content (AvgIpc) is 2.83. The molecule has 0 aliphatic carbocycles. The van der Waals surface area contributed by atoms with Crippen LogP contribution in [0.15, 0.2) is 67.5 Å². The van der Waals surface area contributed by atoms with Crippen molar-refractivity contribution >= 4 is 24.1 Å². The molecule has 0 saturated heterocycles. The van der Waals surface area contributed by atoms with Gasteiger partial charge in [-0.15, -0.1) is 0 Å². The molecule has 1 unspecified atom stereocenters. The van der Waals surface area contributed by atoms with Crippen molar-refractivity contribution in [2.75, 3.05) is 18.5 Å². The zero-order chi connectivity index (χ0) is 24.5. The molecule has 1 aromatic heterocycles. The molecule has 0 bridgehead atoms. The SMILES string of the molecule is C=Cc1cc(F)c(N(C)Cc2cccnc2)cc1CNCC(C(=O)NC=O)c1ccc(F)cc1. The van der Waals surface area contributed by atoms with Crippen molar-refractivity contribution < 1.29 is 18.4 Å². The first-order chi connectivity index (χ1) is 16.4. The summed E-state index contributed by atoms with van der Waals surface area (Å²) in [7, 11) is 1.80. The summed E-state index contributed by atoms with van der Waals surface area (Å²) >= 11 is 0. The number of benzene rings is 2. The van der Waals surface area contributed by atoms with Crippen LogP contribution < -0.4 is 15.5 Å². The number of halogens is 2. The molecule has 0 radical (unpaired) electrons. The van der Waals surface area contributed by atoms with Crippen LogP contribution in [0.3, 0.4) is 0 Å². The maximum absolute atomic E-state index is 14.8. The van der Waals surface area contributed by atoms with E-state index in [4.69, 9.17) is 0 Å². The molecule has 1 atom stereocenters. The second-order valence-corrected chi connectivity index (χ2v) is 7.79. The highest BCUT2D eigenvalue weighted by molar-refractivity contribution is 5.91. The Hall–Kier alpha value is -3.91. The Morgan fingerprint density at radius 3 is 2.62 bits per heavy atom. The lowest BCUT2D eigenvalue weighted by molar-refractivity contribution is -0.126. The topological polar surface area (TPSA) is 74.3 Å². The Bertz CT molecular complexity index is 1140. The zero-order valence-electron chi connectivity index (χ0n) is 18.8. The largest absolute Gasteiger partial charge is 0.368 e. The van der Waals surface area contributed by atoms with Crippen molar-refractivity contribution in [1.82, 2.24) is 15.6 Å². The van der Waals surface area contributed by atoms with Crippen LogP contribution in [0.2, 0.25) is 0 Å². The third-order valence-electron chi connectivity index (χ3n) is 5.44. The molecule has 0 spiro atoms. The van der Waals surface area contributed by atoms with Crippen molar-refractivity contribution in [3.8, 4) is 0 Å². The van der Waals surface area contributed by atoms with Crippen molar-refractivity contribution in [3.63, 3.8) is 0 Å². The van der Waals surface area contributed by atoms with Crippen LogP contribution in [-0.2, 0) is 22.7 Å². The van der Waals surface area contributed by atoms with Gasteiger partial charge in [0, 0.05) is 39.1 Å². The molecule has 8 heteroatoms. The molecule has 6 nitrogen and oxygen atoms in total. The second kappa shape index (κ2) is 11.8. The Labute approximate surface area is 197 Å². The van der Waals surface area contributed by atoms with Crippen LogP contribution in [0.25, 0.3) is 6.08 Å². The average molecular weight is 465 g/mol. The van der Waals surface area contributed by atoms with Crippen molar-refractivity contribution in [1.29, 1.82) is 0 Å². The van der Waals surface area contributed by atoms with Gasteiger partial charge in [0.2, 0.25) is 12.3 Å². The smallest absolute Gasteiger partial charge is 0.235 e. The van der Waals surface area contributed by atoms with Gasteiger partial charge in [-0.25, -0.2) is 8.78 Å². The molecule has 2 amide bonds. The molecule has 0 aliphatic rings. The molecule has 0 saturated carbocycles. The Morgan fingerprint density at radius 2 is 1.97 bits per heavy atom. The van der Waals surface area contributed by atoms with Gasteiger partial charge >= 0.3 is 0 Å². The summed E-state index contributed by atoms with van der Waals surface area (Å²) in [5.41, 5.74) is 3.34. The number of nitrogens with one attached hydrogen (secondary N) is 2. The molecule has 1 heterocycles. The van der Waals surface area contributed by atoms with E-state index in [1.54, 1.807) is 36.5 Å². The van der Waals surface area contributed by atoms with Crippen molar-refractivity contribution in [2.45, 2.75) is 19.0 Å². The number of aromatic nitrogens is 1. The number of anilines is 1. The van der Waals surface area contributed by atoms with Gasteiger partial charge < -0.3 is 10.2 Å². The van der Waals surface area contributed by atoms with E-state index in [9.17, 15) is 18.4 Å². The Morgan fingerprint density at radius 1 is 1.21 bits per heavy atom. The number of imide groups is 1. The van der Waals surface area contributed by atoms with Gasteiger partial charge in [0.15, 0.2) is 0 Å². The summed E-state index contributed by atoms with van der Waals surface area (Å²) in [6.07, 6.45) is 5.30. The van der Waals surface area contributed by atoms with Gasteiger partial charge in [0.1, 0.15) is 11.6 Å². The molecular weight excluding hydrogens is 438 g/mol. The van der Waals surface area contributed by atoms with E-state index in [2.05, 4.69) is 22.2 Å². The molecule has 34 heavy (non-hydrogen) atoms. The number of rotatable bonds is 11. The van der Waals surface area contributed by atoms with E-state index in [0.717, 1.165) is 11.1 Å². The van der Waals surface area contributed by atoms with Gasteiger partial charge in [-0.05, 0) is 52.6 Å². The summed E-state index contributed by atoms with van der Waals surface area (Å²) in [5, 5.41) is 5.35. The first-order valence-corrected chi connectivity index (χ1v) is 10.7. The van der Waals surface area contributed by atoms with Gasteiger partial charge in [-0.2, -0.15) is 0 Å². The van der Waals surface area contributed by atoms with E-state index in [1.807, 2.05) is 12.1 Å². The van der Waals surface area contributed by atoms with Crippen LogP contribution in [0.1, 0.15) is 28.2 Å². The highest BCUT2D eigenvalue weighted by atomic mass is 19.1. The lowest BCUT2D eigenvalue weighted by atomic mass is 9.97. The van der Waals surface area contributed by atoms with E-state index >= 15 is 0 Å². The number of hydrogen-bond acceptors (Lipinski definition) is 5. The lowest BCUT2D eigenvalue weighted by Gasteiger charge is -2.22. The number of pyridine rings is 1. The second-order valence-electron chi connectivity index (χ2n) is 7.79. The maximum atomic E-state index is 14.8. The highest BCUT2D eigenvalue weighted by Crippen LogP contribution is 2.26. The minimum absolute atomic E-state index is 0.181. The molecule has 2 aromatic carbocycles. The van der Waals surface area contributed by atoms with Crippen LogP contribution >= 0.6 is 0 Å². The Kier molecular flexibility index (Phi) is 8.59. The standard InChI is InChI=1S/C26H26F2N4O2/c1-3-19-11-24(28)25(32(2)16-18-5-4-10-29-13-18)12-21(19)14-30-15-23(26(34)31-17-33)20-6-8-22(27)9-7-20/h3-13,17,23,30H,1,14-16H2,2H3,(H,31,33,34). The molecular formula is C26H26F2N4O2. The van der Waals surface area contributed by atoms with E-state index in [0.29, 0.717) is 36.3 Å². The third kappa shape index (κ3) is 6.32. The van der Waals surface area contributed by atoms with Crippen LogP contribution in [0, 0.1) is 11.6 Å². The number of nitrogens with zero attached hydrogens (tertiary/aromatic N) is 2. The predicted octanol–water partition coefficient (Wildman–Crippen LogP) is 3.79. The maximum Gasteiger partial charge on any atom is 0.235 e. The summed E-state index contributed by atoms with van der Waals surface area (Å²) in [6, 6.07) is 12.4. The Balaban J connectivity index is 1.77. The number of carbonyl (C=O) groups excluding carboxylic acids is 2. The predicted molar refractivity (Wildman–Crippen MR) is 128 cm³/mol. The van der Waals surface area contributed by atoms with Crippen LogP contribution in [0.5, 0.6) is 0 Å². The number of carbonyl (C=O) groups is 2. The quantitative estimate of drug-likeness (QED) is 0.423. The van der Waals surface area contributed by atoms with Gasteiger partial charge in [0.05, 0.1) is 11.6 Å². The fourth-order valence-electron chi connectivity index (χ4n) is 3.67. The highest BCUT2D eigenvalue weighted by Gasteiger charge is 2.21. The monoisotopic (exact) mass is 464 g/mol. The first-order valence-electron chi connectivity index (χ1n) is 10.7. The normalized spacial score (nSPS) is 11.5.